The van der Waals surface area contributed by atoms with E-state index in [-0.39, 0.29) is 5.78 Å². The molecule has 1 aromatic heterocycles. The van der Waals surface area contributed by atoms with Gasteiger partial charge < -0.3 is 0 Å². The molecule has 0 radical (unpaired) electrons. The fourth-order valence-electron chi connectivity index (χ4n) is 2.65. The summed E-state index contributed by atoms with van der Waals surface area (Å²) < 4.78 is 0.676. The normalized spacial score (nSPS) is 15.7. The predicted octanol–water partition coefficient (Wildman–Crippen LogP) is 4.03. The zero-order chi connectivity index (χ0) is 13.9. The van der Waals surface area contributed by atoms with Gasteiger partial charge in [-0.15, -0.1) is 11.3 Å². The summed E-state index contributed by atoms with van der Waals surface area (Å²) in [6.07, 6.45) is 2.21. The van der Waals surface area contributed by atoms with Gasteiger partial charge in [-0.05, 0) is 42.6 Å². The molecule has 2 heterocycles. The van der Waals surface area contributed by atoms with Gasteiger partial charge >= 0.3 is 0 Å². The minimum Gasteiger partial charge on any atom is -0.292 e. The van der Waals surface area contributed by atoms with E-state index >= 15 is 0 Å². The molecular formula is C16H16ClNOS. The lowest BCUT2D eigenvalue weighted by Crippen LogP contribution is -2.29. The number of fused-ring (bicyclic) bond motifs is 1. The second kappa shape index (κ2) is 6.08. The van der Waals surface area contributed by atoms with Gasteiger partial charge in [0.1, 0.15) is 0 Å². The fraction of sp³-hybridized carbons (Fsp3) is 0.312. The monoisotopic (exact) mass is 305 g/mol. The molecule has 0 amide bonds. The number of aryl methyl sites for hydroxylation is 1. The summed E-state index contributed by atoms with van der Waals surface area (Å²) in [5.74, 6) is 0.168. The zero-order valence-electron chi connectivity index (χ0n) is 11.1. The Morgan fingerprint density at radius 3 is 2.75 bits per heavy atom. The number of rotatable bonds is 3. The summed E-state index contributed by atoms with van der Waals surface area (Å²) in [5, 5.41) is 0. The lowest BCUT2D eigenvalue weighted by Gasteiger charge is -2.19. The number of benzene rings is 1. The molecule has 1 aliphatic heterocycles. The van der Waals surface area contributed by atoms with Crippen molar-refractivity contribution >= 4 is 28.7 Å². The van der Waals surface area contributed by atoms with Crippen LogP contribution in [0, 0.1) is 0 Å². The molecule has 0 N–H and O–H groups in total. The number of ketones is 1. The second-order valence-electron chi connectivity index (χ2n) is 5.11. The largest absolute Gasteiger partial charge is 0.292 e. The van der Waals surface area contributed by atoms with E-state index in [0.29, 0.717) is 10.9 Å². The highest BCUT2D eigenvalue weighted by molar-refractivity contribution is 7.18. The Morgan fingerprint density at radius 2 is 2.00 bits per heavy atom. The summed E-state index contributed by atoms with van der Waals surface area (Å²) in [5.41, 5.74) is 2.77. The minimum atomic E-state index is 0.168. The number of hydrogen-bond donors (Lipinski definition) is 0. The van der Waals surface area contributed by atoms with Gasteiger partial charge in [0.15, 0.2) is 5.78 Å². The van der Waals surface area contributed by atoms with Crippen LogP contribution >= 0.6 is 22.9 Å². The molecule has 0 aliphatic carbocycles. The minimum absolute atomic E-state index is 0.168. The van der Waals surface area contributed by atoms with Crippen molar-refractivity contribution in [3.63, 3.8) is 0 Å². The van der Waals surface area contributed by atoms with E-state index in [1.165, 1.54) is 22.5 Å². The molecule has 4 heteroatoms. The van der Waals surface area contributed by atoms with E-state index in [0.717, 1.165) is 30.8 Å². The van der Waals surface area contributed by atoms with Crippen LogP contribution < -0.4 is 0 Å². The van der Waals surface area contributed by atoms with E-state index < -0.39 is 0 Å². The van der Waals surface area contributed by atoms with Crippen molar-refractivity contribution in [1.29, 1.82) is 0 Å². The lowest BCUT2D eigenvalue weighted by molar-refractivity contribution is 0.0931. The van der Waals surface area contributed by atoms with Crippen LogP contribution in [0.2, 0.25) is 4.34 Å². The van der Waals surface area contributed by atoms with Gasteiger partial charge in [0.2, 0.25) is 0 Å². The maximum atomic E-state index is 12.3. The van der Waals surface area contributed by atoms with Gasteiger partial charge in [0.05, 0.1) is 15.8 Å². The van der Waals surface area contributed by atoms with E-state index in [2.05, 4.69) is 29.2 Å². The Bertz CT molecular complexity index is 622. The van der Waals surface area contributed by atoms with Crippen LogP contribution in [-0.4, -0.2) is 23.8 Å². The Labute approximate surface area is 128 Å². The third-order valence-electron chi connectivity index (χ3n) is 3.65. The van der Waals surface area contributed by atoms with Crippen LogP contribution in [-0.2, 0) is 13.0 Å². The van der Waals surface area contributed by atoms with Crippen molar-refractivity contribution < 1.29 is 4.79 Å². The van der Waals surface area contributed by atoms with Crippen LogP contribution in [0.25, 0.3) is 0 Å². The number of carbonyl (C=O) groups excluding carboxylic acids is 1. The first-order chi connectivity index (χ1) is 9.72. The van der Waals surface area contributed by atoms with E-state index in [1.54, 1.807) is 6.07 Å². The quantitative estimate of drug-likeness (QED) is 0.798. The highest BCUT2D eigenvalue weighted by Crippen LogP contribution is 2.23. The number of nitrogens with zero attached hydrogens (tertiary/aromatic N) is 1. The van der Waals surface area contributed by atoms with Crippen molar-refractivity contribution in [3.05, 3.63) is 56.7 Å². The maximum absolute atomic E-state index is 12.3. The van der Waals surface area contributed by atoms with Gasteiger partial charge in [-0.3, -0.25) is 9.69 Å². The molecule has 3 rings (SSSR count). The Hall–Kier alpha value is -1.16. The third-order valence-corrected chi connectivity index (χ3v) is 4.92. The lowest BCUT2D eigenvalue weighted by atomic mass is 10.0. The van der Waals surface area contributed by atoms with Crippen LogP contribution in [0.4, 0.5) is 0 Å². The van der Waals surface area contributed by atoms with Gasteiger partial charge in [-0.1, -0.05) is 35.9 Å². The van der Waals surface area contributed by atoms with E-state index in [1.807, 2.05) is 6.07 Å². The predicted molar refractivity (Wildman–Crippen MR) is 83.7 cm³/mol. The molecule has 20 heavy (non-hydrogen) atoms. The third kappa shape index (κ3) is 3.11. The first kappa shape index (κ1) is 13.8. The van der Waals surface area contributed by atoms with E-state index in [4.69, 9.17) is 11.6 Å². The molecule has 2 nitrogen and oxygen atoms in total. The Morgan fingerprint density at radius 1 is 1.20 bits per heavy atom. The van der Waals surface area contributed by atoms with Crippen LogP contribution in [0.15, 0.2) is 36.4 Å². The molecule has 0 atom stereocenters. The smallest absolute Gasteiger partial charge is 0.186 e. The Kier molecular flexibility index (Phi) is 4.20. The van der Waals surface area contributed by atoms with Crippen LogP contribution in [0.5, 0.6) is 0 Å². The first-order valence-electron chi connectivity index (χ1n) is 6.80. The first-order valence-corrected chi connectivity index (χ1v) is 7.99. The number of halogens is 1. The Balaban J connectivity index is 1.71. The van der Waals surface area contributed by atoms with Gasteiger partial charge in [-0.25, -0.2) is 0 Å². The topological polar surface area (TPSA) is 20.3 Å². The molecule has 0 unspecified atom stereocenters. The molecule has 0 fully saturated rings. The zero-order valence-corrected chi connectivity index (χ0v) is 12.7. The molecule has 0 spiro atoms. The average molecular weight is 306 g/mol. The molecule has 0 bridgehead atoms. The molecule has 1 aromatic carbocycles. The van der Waals surface area contributed by atoms with Crippen molar-refractivity contribution in [3.8, 4) is 0 Å². The van der Waals surface area contributed by atoms with Crippen molar-refractivity contribution in [2.75, 3.05) is 13.1 Å². The molecule has 0 saturated heterocycles. The molecule has 0 saturated carbocycles. The summed E-state index contributed by atoms with van der Waals surface area (Å²) in [6, 6.07) is 12.1. The second-order valence-corrected chi connectivity index (χ2v) is 6.82. The van der Waals surface area contributed by atoms with Gasteiger partial charge in [0.25, 0.3) is 0 Å². The molecular weight excluding hydrogens is 290 g/mol. The number of thiophene rings is 1. The number of Topliss-reactive ketones (excluding diaryl/α,β-unsaturated/α-hetero) is 1. The molecule has 104 valence electrons. The number of hydrogen-bond acceptors (Lipinski definition) is 3. The standard InChI is InChI=1S/C16H16ClNOS/c17-16-8-7-15(20-16)14(19)11-18-9-3-6-12-4-1-2-5-13(12)10-18/h1-2,4-5,7-8H,3,6,9-11H2. The van der Waals surface area contributed by atoms with Crippen LogP contribution in [0.1, 0.15) is 27.2 Å². The van der Waals surface area contributed by atoms with Crippen molar-refractivity contribution in [1.82, 2.24) is 4.90 Å². The summed E-state index contributed by atoms with van der Waals surface area (Å²) in [4.78, 5) is 15.3. The van der Waals surface area contributed by atoms with Gasteiger partial charge in [-0.2, -0.15) is 0 Å². The van der Waals surface area contributed by atoms with Crippen LogP contribution in [0.3, 0.4) is 0 Å². The average Bonchev–Trinajstić information content (AvgIpc) is 2.77. The highest BCUT2D eigenvalue weighted by Gasteiger charge is 2.18. The summed E-state index contributed by atoms with van der Waals surface area (Å²) >= 11 is 7.26. The summed E-state index contributed by atoms with van der Waals surface area (Å²) in [6.45, 7) is 2.31. The maximum Gasteiger partial charge on any atom is 0.186 e. The van der Waals surface area contributed by atoms with Crippen molar-refractivity contribution in [2.45, 2.75) is 19.4 Å². The van der Waals surface area contributed by atoms with Crippen molar-refractivity contribution in [2.24, 2.45) is 0 Å². The van der Waals surface area contributed by atoms with Gasteiger partial charge in [0, 0.05) is 6.54 Å². The van der Waals surface area contributed by atoms with E-state index in [9.17, 15) is 4.79 Å². The number of carbonyl (C=O) groups is 1. The molecule has 2 aromatic rings. The highest BCUT2D eigenvalue weighted by atomic mass is 35.5. The molecule has 1 aliphatic rings. The summed E-state index contributed by atoms with van der Waals surface area (Å²) in [7, 11) is 0. The fourth-order valence-corrected chi connectivity index (χ4v) is 3.62. The SMILES string of the molecule is O=C(CN1CCCc2ccccc2C1)c1ccc(Cl)s1.